The van der Waals surface area contributed by atoms with Crippen molar-refractivity contribution in [3.63, 3.8) is 0 Å². The molecule has 2 N–H and O–H groups in total. The van der Waals surface area contributed by atoms with Gasteiger partial charge in [0.2, 0.25) is 0 Å². The zero-order valence-corrected chi connectivity index (χ0v) is 16.6. The highest BCUT2D eigenvalue weighted by Gasteiger charge is 2.18. The van der Waals surface area contributed by atoms with Crippen molar-refractivity contribution in [1.82, 2.24) is 9.97 Å². The maximum Gasteiger partial charge on any atom is 0.338 e. The first-order valence-corrected chi connectivity index (χ1v) is 10.2. The van der Waals surface area contributed by atoms with Crippen molar-refractivity contribution in [3.8, 4) is 0 Å². The van der Waals surface area contributed by atoms with E-state index < -0.39 is 10.9 Å². The maximum absolute atomic E-state index is 12.1. The van der Waals surface area contributed by atoms with Gasteiger partial charge in [-0.2, -0.15) is 11.8 Å². The number of hydrogen-bond acceptors (Lipinski definition) is 7. The van der Waals surface area contributed by atoms with E-state index in [2.05, 4.69) is 15.3 Å². The summed E-state index contributed by atoms with van der Waals surface area (Å²) in [5.74, 6) is 0.925. The number of thioether (sulfide) groups is 1. The van der Waals surface area contributed by atoms with E-state index in [0.29, 0.717) is 23.5 Å². The molecule has 0 atom stereocenters. The third-order valence-electron chi connectivity index (χ3n) is 4.08. The van der Waals surface area contributed by atoms with E-state index in [-0.39, 0.29) is 17.9 Å². The van der Waals surface area contributed by atoms with E-state index in [9.17, 15) is 14.9 Å². The van der Waals surface area contributed by atoms with Crippen molar-refractivity contribution in [2.24, 2.45) is 0 Å². The summed E-state index contributed by atoms with van der Waals surface area (Å²) in [7, 11) is 0. The summed E-state index contributed by atoms with van der Waals surface area (Å²) >= 11 is 1.55. The molecule has 0 unspecified atom stereocenters. The molecule has 3 aromatic rings. The van der Waals surface area contributed by atoms with Gasteiger partial charge in [0.05, 0.1) is 10.5 Å². The molecule has 29 heavy (non-hydrogen) atoms. The van der Waals surface area contributed by atoms with E-state index in [1.807, 2.05) is 30.5 Å². The van der Waals surface area contributed by atoms with E-state index in [4.69, 9.17) is 4.74 Å². The molecule has 0 spiro atoms. The molecule has 1 aromatic heterocycles. The molecule has 0 saturated heterocycles. The fraction of sp³-hybridized carbons (Fsp3) is 0.200. The van der Waals surface area contributed by atoms with Crippen molar-refractivity contribution < 1.29 is 14.5 Å². The topological polar surface area (TPSA) is 110 Å². The highest BCUT2D eigenvalue weighted by atomic mass is 32.2. The number of aromatic amines is 1. The third-order valence-corrected chi connectivity index (χ3v) is 4.66. The number of carbonyl (C=O) groups is 1. The fourth-order valence-electron chi connectivity index (χ4n) is 2.72. The number of anilines is 2. The molecule has 0 amide bonds. The van der Waals surface area contributed by atoms with Gasteiger partial charge in [0.15, 0.2) is 0 Å². The second-order valence-electron chi connectivity index (χ2n) is 6.16. The average Bonchev–Trinajstić information content (AvgIpc) is 3.21. The molecule has 0 saturated carbocycles. The third kappa shape index (κ3) is 5.58. The lowest BCUT2D eigenvalue weighted by molar-refractivity contribution is -0.383. The Morgan fingerprint density at radius 1 is 1.31 bits per heavy atom. The average molecular weight is 412 g/mol. The summed E-state index contributed by atoms with van der Waals surface area (Å²) in [6, 6.07) is 11.8. The van der Waals surface area contributed by atoms with E-state index in [1.54, 1.807) is 24.2 Å². The number of hydrogen-bond donors (Lipinski definition) is 2. The first-order valence-electron chi connectivity index (χ1n) is 8.85. The number of carbonyl (C=O) groups excluding carboxylic acids is 1. The van der Waals surface area contributed by atoms with Crippen LogP contribution in [-0.4, -0.2) is 39.5 Å². The van der Waals surface area contributed by atoms with Gasteiger partial charge in [-0.25, -0.2) is 9.78 Å². The van der Waals surface area contributed by atoms with Gasteiger partial charge in [0.1, 0.15) is 18.1 Å². The second kappa shape index (κ2) is 9.74. The number of H-pyrrole nitrogens is 1. The first kappa shape index (κ1) is 20.4. The molecule has 1 heterocycles. The Morgan fingerprint density at radius 2 is 2.17 bits per heavy atom. The molecule has 150 valence electrons. The quantitative estimate of drug-likeness (QED) is 0.235. The van der Waals surface area contributed by atoms with Crippen LogP contribution in [0.1, 0.15) is 21.7 Å². The molecule has 0 aliphatic rings. The van der Waals surface area contributed by atoms with Crippen molar-refractivity contribution in [2.45, 2.75) is 6.42 Å². The predicted molar refractivity (Wildman–Crippen MR) is 113 cm³/mol. The zero-order valence-electron chi connectivity index (χ0n) is 15.8. The van der Waals surface area contributed by atoms with Crippen LogP contribution in [0.2, 0.25) is 0 Å². The number of imidazole rings is 1. The molecule has 9 heteroatoms. The van der Waals surface area contributed by atoms with Crippen LogP contribution in [0.3, 0.4) is 0 Å². The van der Waals surface area contributed by atoms with Crippen LogP contribution in [0.25, 0.3) is 0 Å². The first-order chi connectivity index (χ1) is 14.1. The van der Waals surface area contributed by atoms with Gasteiger partial charge in [0, 0.05) is 36.3 Å². The number of nitro groups is 1. The molecule has 0 fully saturated rings. The van der Waals surface area contributed by atoms with Crippen molar-refractivity contribution in [3.05, 3.63) is 81.9 Å². The van der Waals surface area contributed by atoms with Crippen molar-refractivity contribution in [2.75, 3.05) is 23.9 Å². The van der Waals surface area contributed by atoms with Crippen LogP contribution in [0.4, 0.5) is 17.1 Å². The summed E-state index contributed by atoms with van der Waals surface area (Å²) < 4.78 is 5.12. The maximum atomic E-state index is 12.1. The standard InChI is InChI=1S/C20H20N4O4S/c1-29-10-9-28-20(25)15-5-6-17(18(13-15)24(26)27)23-16-4-2-3-14(11-16)12-19-21-7-8-22-19/h2-8,11,13,23H,9-10,12H2,1H3,(H,21,22). The Hall–Kier alpha value is -3.33. The van der Waals surface area contributed by atoms with Gasteiger partial charge in [-0.05, 0) is 36.1 Å². The number of aromatic nitrogens is 2. The van der Waals surface area contributed by atoms with Crippen molar-refractivity contribution in [1.29, 1.82) is 0 Å². The lowest BCUT2D eigenvalue weighted by atomic mass is 10.1. The Kier molecular flexibility index (Phi) is 6.85. The lowest BCUT2D eigenvalue weighted by Crippen LogP contribution is -2.09. The van der Waals surface area contributed by atoms with Gasteiger partial charge < -0.3 is 15.0 Å². The van der Waals surface area contributed by atoms with Crippen LogP contribution in [0.5, 0.6) is 0 Å². The molecular weight excluding hydrogens is 392 g/mol. The minimum absolute atomic E-state index is 0.148. The molecular formula is C20H20N4O4S. The highest BCUT2D eigenvalue weighted by molar-refractivity contribution is 7.98. The summed E-state index contributed by atoms with van der Waals surface area (Å²) in [6.45, 7) is 0.260. The smallest absolute Gasteiger partial charge is 0.338 e. The van der Waals surface area contributed by atoms with Crippen molar-refractivity contribution >= 4 is 34.8 Å². The van der Waals surface area contributed by atoms with Crippen LogP contribution >= 0.6 is 11.8 Å². The van der Waals surface area contributed by atoms with Crippen LogP contribution in [-0.2, 0) is 11.2 Å². The molecule has 0 bridgehead atoms. The van der Waals surface area contributed by atoms with Gasteiger partial charge in [-0.3, -0.25) is 10.1 Å². The number of ether oxygens (including phenoxy) is 1. The van der Waals surface area contributed by atoms with E-state index >= 15 is 0 Å². The zero-order chi connectivity index (χ0) is 20.6. The number of esters is 1. The second-order valence-corrected chi connectivity index (χ2v) is 7.14. The van der Waals surface area contributed by atoms with Gasteiger partial charge in [0.25, 0.3) is 5.69 Å². The molecule has 0 aliphatic heterocycles. The Bertz CT molecular complexity index is 992. The monoisotopic (exact) mass is 412 g/mol. The number of rotatable bonds is 9. The largest absolute Gasteiger partial charge is 0.461 e. The van der Waals surface area contributed by atoms with Gasteiger partial charge in [-0.15, -0.1) is 0 Å². The van der Waals surface area contributed by atoms with Gasteiger partial charge >= 0.3 is 5.97 Å². The predicted octanol–water partition coefficient (Wildman–Crippen LogP) is 4.17. The van der Waals surface area contributed by atoms with Gasteiger partial charge in [-0.1, -0.05) is 12.1 Å². The summed E-state index contributed by atoms with van der Waals surface area (Å²) in [4.78, 5) is 30.3. The summed E-state index contributed by atoms with van der Waals surface area (Å²) in [6.07, 6.45) is 5.97. The normalized spacial score (nSPS) is 10.5. The number of nitro benzene ring substituents is 1. The van der Waals surface area contributed by atoms with Crippen LogP contribution in [0.15, 0.2) is 54.9 Å². The SMILES string of the molecule is CSCCOC(=O)c1ccc(Nc2cccc(Cc3ncc[nH]3)c2)c([N+](=O)[O-])c1. The Morgan fingerprint density at radius 3 is 2.90 bits per heavy atom. The van der Waals surface area contributed by atoms with E-state index in [1.165, 1.54) is 18.2 Å². The number of nitrogens with zero attached hydrogens (tertiary/aromatic N) is 2. The molecule has 3 rings (SSSR count). The summed E-state index contributed by atoms with van der Waals surface area (Å²) in [5, 5.41) is 14.6. The Balaban J connectivity index is 1.78. The number of benzene rings is 2. The molecule has 0 aliphatic carbocycles. The molecule has 0 radical (unpaired) electrons. The van der Waals surface area contributed by atoms with E-state index in [0.717, 1.165) is 11.4 Å². The Labute approximate surface area is 171 Å². The summed E-state index contributed by atoms with van der Waals surface area (Å²) in [5.41, 5.74) is 1.95. The minimum Gasteiger partial charge on any atom is -0.461 e. The fourth-order valence-corrected chi connectivity index (χ4v) is 2.97. The number of nitrogens with one attached hydrogen (secondary N) is 2. The van der Waals surface area contributed by atoms with Crippen LogP contribution in [0, 0.1) is 10.1 Å². The highest BCUT2D eigenvalue weighted by Crippen LogP contribution is 2.29. The molecule has 8 nitrogen and oxygen atoms in total. The lowest BCUT2D eigenvalue weighted by Gasteiger charge is -2.10. The molecule has 2 aromatic carbocycles. The van der Waals surface area contributed by atoms with Crippen LogP contribution < -0.4 is 5.32 Å². The minimum atomic E-state index is -0.575.